The molecule has 3 rings (SSSR count). The number of hydrogen-bond donors (Lipinski definition) is 0. The predicted octanol–water partition coefficient (Wildman–Crippen LogP) is 2.75. The molecular formula is C19H14BrN3O6. The molecule has 0 saturated carbocycles. The largest absolute Gasteiger partial charge is 0.292 e. The highest BCUT2D eigenvalue weighted by atomic mass is 79.9. The van der Waals surface area contributed by atoms with Gasteiger partial charge in [0.25, 0.3) is 11.6 Å². The molecule has 0 unspecified atom stereocenters. The van der Waals surface area contributed by atoms with E-state index in [1.165, 1.54) is 30.3 Å². The highest BCUT2D eigenvalue weighted by Crippen LogP contribution is 2.21. The van der Waals surface area contributed by atoms with Gasteiger partial charge in [-0.25, -0.2) is 5.01 Å². The normalized spacial score (nSPS) is 13.5. The molecule has 0 aliphatic carbocycles. The van der Waals surface area contributed by atoms with Crippen LogP contribution in [0.2, 0.25) is 0 Å². The molecule has 0 aromatic heterocycles. The van der Waals surface area contributed by atoms with Crippen molar-refractivity contribution in [3.05, 3.63) is 74.2 Å². The molecule has 2 aromatic rings. The SMILES string of the molecule is O=C(CN(C(=O)c1cccc([N+](=O)[O-])c1)N1C(=O)CCC1=O)c1ccc(Br)cc1. The number of nitrogens with zero attached hydrogens (tertiary/aromatic N) is 3. The van der Waals surface area contributed by atoms with E-state index in [0.717, 1.165) is 15.5 Å². The van der Waals surface area contributed by atoms with Crippen molar-refractivity contribution >= 4 is 45.1 Å². The first-order valence-electron chi connectivity index (χ1n) is 8.48. The number of hydrogen-bond acceptors (Lipinski definition) is 6. The summed E-state index contributed by atoms with van der Waals surface area (Å²) < 4.78 is 0.753. The maximum atomic E-state index is 13.0. The van der Waals surface area contributed by atoms with E-state index in [0.29, 0.717) is 5.01 Å². The lowest BCUT2D eigenvalue weighted by Gasteiger charge is -2.29. The number of nitro benzene ring substituents is 1. The van der Waals surface area contributed by atoms with Crippen LogP contribution in [-0.4, -0.2) is 45.0 Å². The van der Waals surface area contributed by atoms with Gasteiger partial charge in [-0.2, -0.15) is 5.01 Å². The van der Waals surface area contributed by atoms with Crippen LogP contribution in [0.15, 0.2) is 53.0 Å². The molecule has 10 heteroatoms. The van der Waals surface area contributed by atoms with Crippen molar-refractivity contribution in [2.75, 3.05) is 6.54 Å². The molecule has 1 heterocycles. The summed E-state index contributed by atoms with van der Waals surface area (Å²) in [6.07, 6.45) is -0.159. The second kappa shape index (κ2) is 8.31. The number of carbonyl (C=O) groups is 4. The summed E-state index contributed by atoms with van der Waals surface area (Å²) in [7, 11) is 0. The zero-order valence-corrected chi connectivity index (χ0v) is 16.5. The molecule has 0 radical (unpaired) electrons. The van der Waals surface area contributed by atoms with Crippen molar-refractivity contribution in [3.8, 4) is 0 Å². The van der Waals surface area contributed by atoms with Crippen LogP contribution < -0.4 is 0 Å². The van der Waals surface area contributed by atoms with Gasteiger partial charge in [0.1, 0.15) is 6.54 Å². The Morgan fingerprint density at radius 3 is 2.24 bits per heavy atom. The molecular weight excluding hydrogens is 446 g/mol. The van der Waals surface area contributed by atoms with E-state index < -0.39 is 35.0 Å². The van der Waals surface area contributed by atoms with Gasteiger partial charge in [0, 0.05) is 40.6 Å². The molecule has 3 amide bonds. The fourth-order valence-electron chi connectivity index (χ4n) is 2.83. The van der Waals surface area contributed by atoms with Crippen LogP contribution in [0.25, 0.3) is 0 Å². The minimum Gasteiger partial charge on any atom is -0.292 e. The van der Waals surface area contributed by atoms with E-state index in [4.69, 9.17) is 0 Å². The minimum absolute atomic E-state index is 0.0793. The van der Waals surface area contributed by atoms with Crippen LogP contribution in [0.1, 0.15) is 33.6 Å². The molecule has 1 fully saturated rings. The van der Waals surface area contributed by atoms with Gasteiger partial charge < -0.3 is 0 Å². The van der Waals surface area contributed by atoms with Gasteiger partial charge in [0.2, 0.25) is 11.8 Å². The topological polar surface area (TPSA) is 118 Å². The summed E-state index contributed by atoms with van der Waals surface area (Å²) in [5.41, 5.74) is -0.159. The third-order valence-electron chi connectivity index (χ3n) is 4.26. The number of amides is 3. The van der Waals surface area contributed by atoms with Gasteiger partial charge in [-0.15, -0.1) is 0 Å². The van der Waals surface area contributed by atoms with Crippen molar-refractivity contribution in [1.29, 1.82) is 0 Å². The average Bonchev–Trinajstić information content (AvgIpc) is 3.04. The summed E-state index contributed by atoms with van der Waals surface area (Å²) in [6, 6.07) is 11.2. The highest BCUT2D eigenvalue weighted by Gasteiger charge is 2.38. The number of benzene rings is 2. The smallest absolute Gasteiger partial charge is 0.273 e. The molecule has 1 aliphatic heterocycles. The van der Waals surface area contributed by atoms with Crippen LogP contribution in [0.3, 0.4) is 0 Å². The lowest BCUT2D eigenvalue weighted by molar-refractivity contribution is -0.384. The average molecular weight is 460 g/mol. The number of Topliss-reactive ketones (excluding diaryl/α,β-unsaturated/α-hetero) is 1. The number of non-ortho nitro benzene ring substituents is 1. The third kappa shape index (κ3) is 4.37. The molecule has 0 spiro atoms. The maximum Gasteiger partial charge on any atom is 0.273 e. The van der Waals surface area contributed by atoms with E-state index in [1.54, 1.807) is 12.1 Å². The summed E-state index contributed by atoms with van der Waals surface area (Å²) in [6.45, 7) is -0.569. The number of halogens is 1. The molecule has 2 aromatic carbocycles. The van der Waals surface area contributed by atoms with Crippen LogP contribution in [0.5, 0.6) is 0 Å². The molecule has 148 valence electrons. The number of imide groups is 1. The Hall–Kier alpha value is -3.40. The van der Waals surface area contributed by atoms with E-state index in [-0.39, 0.29) is 29.7 Å². The summed E-state index contributed by atoms with van der Waals surface area (Å²) in [5, 5.41) is 12.4. The standard InChI is InChI=1S/C19H14BrN3O6/c20-14-6-4-12(5-7-14)16(24)11-21(22-17(25)8-9-18(22)26)19(27)13-2-1-3-15(10-13)23(28)29/h1-7,10H,8-9,11H2. The lowest BCUT2D eigenvalue weighted by Crippen LogP contribution is -2.51. The maximum absolute atomic E-state index is 13.0. The Labute approximate surface area is 173 Å². The number of nitro groups is 1. The van der Waals surface area contributed by atoms with Gasteiger partial charge in [-0.3, -0.25) is 29.3 Å². The van der Waals surface area contributed by atoms with Crippen molar-refractivity contribution in [3.63, 3.8) is 0 Å². The van der Waals surface area contributed by atoms with Crippen LogP contribution in [0.4, 0.5) is 5.69 Å². The van der Waals surface area contributed by atoms with E-state index >= 15 is 0 Å². The number of carbonyl (C=O) groups excluding carboxylic acids is 4. The van der Waals surface area contributed by atoms with Crippen LogP contribution in [-0.2, 0) is 9.59 Å². The summed E-state index contributed by atoms with van der Waals surface area (Å²) in [5.74, 6) is -2.58. The van der Waals surface area contributed by atoms with Gasteiger partial charge in [-0.1, -0.05) is 34.1 Å². The minimum atomic E-state index is -0.859. The fraction of sp³-hybridized carbons (Fsp3) is 0.158. The Kier molecular flexibility index (Phi) is 5.83. The Morgan fingerprint density at radius 1 is 1.03 bits per heavy atom. The molecule has 0 atom stereocenters. The van der Waals surface area contributed by atoms with E-state index in [2.05, 4.69) is 15.9 Å². The van der Waals surface area contributed by atoms with Crippen molar-refractivity contribution in [1.82, 2.24) is 10.0 Å². The third-order valence-corrected chi connectivity index (χ3v) is 4.79. The quantitative estimate of drug-likeness (QED) is 0.283. The number of ketones is 1. The second-order valence-electron chi connectivity index (χ2n) is 6.20. The summed E-state index contributed by atoms with van der Waals surface area (Å²) >= 11 is 3.26. The van der Waals surface area contributed by atoms with Crippen molar-refractivity contribution in [2.24, 2.45) is 0 Å². The Bertz CT molecular complexity index is 1000. The fourth-order valence-corrected chi connectivity index (χ4v) is 3.10. The monoisotopic (exact) mass is 459 g/mol. The molecule has 29 heavy (non-hydrogen) atoms. The first-order chi connectivity index (χ1) is 13.8. The molecule has 1 saturated heterocycles. The second-order valence-corrected chi connectivity index (χ2v) is 7.12. The molecule has 0 bridgehead atoms. The first-order valence-corrected chi connectivity index (χ1v) is 9.28. The number of rotatable bonds is 6. The Morgan fingerprint density at radius 2 is 1.66 bits per heavy atom. The van der Waals surface area contributed by atoms with Gasteiger partial charge >= 0.3 is 0 Å². The van der Waals surface area contributed by atoms with Crippen LogP contribution >= 0.6 is 15.9 Å². The molecule has 1 aliphatic rings. The van der Waals surface area contributed by atoms with Crippen LogP contribution in [0, 0.1) is 10.1 Å². The van der Waals surface area contributed by atoms with Gasteiger partial charge in [0.15, 0.2) is 5.78 Å². The predicted molar refractivity (Wildman–Crippen MR) is 104 cm³/mol. The van der Waals surface area contributed by atoms with E-state index in [1.807, 2.05) is 0 Å². The van der Waals surface area contributed by atoms with Crippen molar-refractivity contribution < 1.29 is 24.1 Å². The Balaban J connectivity index is 1.95. The first kappa shape index (κ1) is 20.3. The number of hydrazine groups is 1. The zero-order valence-electron chi connectivity index (χ0n) is 14.9. The van der Waals surface area contributed by atoms with Crippen molar-refractivity contribution in [2.45, 2.75) is 12.8 Å². The van der Waals surface area contributed by atoms with Gasteiger partial charge in [0.05, 0.1) is 4.92 Å². The lowest BCUT2D eigenvalue weighted by atomic mass is 10.1. The van der Waals surface area contributed by atoms with E-state index in [9.17, 15) is 29.3 Å². The highest BCUT2D eigenvalue weighted by molar-refractivity contribution is 9.10. The molecule has 9 nitrogen and oxygen atoms in total. The zero-order chi connectivity index (χ0) is 21.1. The molecule has 0 N–H and O–H groups in total. The van der Waals surface area contributed by atoms with Gasteiger partial charge in [-0.05, 0) is 18.2 Å². The summed E-state index contributed by atoms with van der Waals surface area (Å²) in [4.78, 5) is 60.4.